The van der Waals surface area contributed by atoms with E-state index >= 15 is 0 Å². The van der Waals surface area contributed by atoms with Crippen LogP contribution in [0.2, 0.25) is 0 Å². The minimum absolute atomic E-state index is 0.276. The Morgan fingerprint density at radius 2 is 1.81 bits per heavy atom. The summed E-state index contributed by atoms with van der Waals surface area (Å²) in [5.74, 6) is 6.16. The van der Waals surface area contributed by atoms with Gasteiger partial charge in [-0.1, -0.05) is 24.1 Å². The lowest BCUT2D eigenvalue weighted by molar-refractivity contribution is 0.132. The topological polar surface area (TPSA) is 64.1 Å². The van der Waals surface area contributed by atoms with Crippen molar-refractivity contribution in [3.05, 3.63) is 95.6 Å². The second-order valence-corrected chi connectivity index (χ2v) is 5.82. The number of alkyl carbamates (subject to hydrolysis) is 1. The second kappa shape index (κ2) is 7.08. The number of nitrogens with one attached hydrogen (secondary N) is 1. The molecule has 1 N–H and O–H groups in total. The number of carbonyl (C=O) groups is 1. The van der Waals surface area contributed by atoms with E-state index in [4.69, 9.17) is 4.74 Å². The summed E-state index contributed by atoms with van der Waals surface area (Å²) in [5.41, 5.74) is 3.40. The zero-order valence-electron chi connectivity index (χ0n) is 13.8. The van der Waals surface area contributed by atoms with Crippen molar-refractivity contribution in [1.29, 1.82) is 0 Å². The van der Waals surface area contributed by atoms with Crippen LogP contribution in [0.3, 0.4) is 0 Å². The molecule has 2 aromatic heterocycles. The highest BCUT2D eigenvalue weighted by Crippen LogP contribution is 2.36. The maximum atomic E-state index is 11.8. The van der Waals surface area contributed by atoms with Gasteiger partial charge in [0.15, 0.2) is 6.10 Å². The Morgan fingerprint density at radius 3 is 2.62 bits per heavy atom. The summed E-state index contributed by atoms with van der Waals surface area (Å²) in [7, 11) is 0. The van der Waals surface area contributed by atoms with Gasteiger partial charge >= 0.3 is 6.09 Å². The van der Waals surface area contributed by atoms with E-state index in [-0.39, 0.29) is 6.04 Å². The fraction of sp³-hybridized carbons (Fsp3) is 0.0952. The largest absolute Gasteiger partial charge is 0.439 e. The van der Waals surface area contributed by atoms with E-state index in [2.05, 4.69) is 27.1 Å². The number of pyridine rings is 2. The van der Waals surface area contributed by atoms with Crippen LogP contribution >= 0.6 is 0 Å². The second-order valence-electron chi connectivity index (χ2n) is 5.82. The molecule has 1 saturated heterocycles. The molecular formula is C21H15N3O2. The van der Waals surface area contributed by atoms with Crippen molar-refractivity contribution < 1.29 is 9.53 Å². The standard InChI is InChI=1S/C21H15N3O2/c25-21-24-19(20(26-21)16-9-12-22-13-10-16)17-5-3-4-15(14-17)7-8-18-6-1-2-11-23-18/h1-6,9-14,19-20H,(H,24,25)/t19-,20-/m1/s1. The van der Waals surface area contributed by atoms with Crippen LogP contribution in [0.4, 0.5) is 4.79 Å². The summed E-state index contributed by atoms with van der Waals surface area (Å²) >= 11 is 0. The number of nitrogens with zero attached hydrogens (tertiary/aromatic N) is 2. The molecule has 0 saturated carbocycles. The third-order valence-electron chi connectivity index (χ3n) is 4.09. The van der Waals surface area contributed by atoms with E-state index in [1.165, 1.54) is 0 Å². The van der Waals surface area contributed by atoms with Crippen LogP contribution in [0, 0.1) is 11.8 Å². The molecule has 5 nitrogen and oxygen atoms in total. The van der Waals surface area contributed by atoms with Crippen molar-refractivity contribution in [2.24, 2.45) is 0 Å². The Hall–Kier alpha value is -3.65. The maximum Gasteiger partial charge on any atom is 0.408 e. The monoisotopic (exact) mass is 341 g/mol. The number of amides is 1. The highest BCUT2D eigenvalue weighted by atomic mass is 16.6. The van der Waals surface area contributed by atoms with Gasteiger partial charge in [0.25, 0.3) is 0 Å². The smallest absolute Gasteiger partial charge is 0.408 e. The normalized spacial score (nSPS) is 18.4. The van der Waals surface area contributed by atoms with Crippen LogP contribution in [0.15, 0.2) is 73.2 Å². The first-order chi connectivity index (χ1) is 12.8. The average Bonchev–Trinajstić information content (AvgIpc) is 3.10. The Morgan fingerprint density at radius 1 is 0.923 bits per heavy atom. The molecule has 126 valence electrons. The molecule has 26 heavy (non-hydrogen) atoms. The molecule has 1 aliphatic heterocycles. The van der Waals surface area contributed by atoms with Gasteiger partial charge in [-0.3, -0.25) is 4.98 Å². The van der Waals surface area contributed by atoms with Crippen LogP contribution in [0.5, 0.6) is 0 Å². The van der Waals surface area contributed by atoms with Gasteiger partial charge in [-0.2, -0.15) is 0 Å². The minimum Gasteiger partial charge on any atom is -0.439 e. The van der Waals surface area contributed by atoms with Crippen LogP contribution < -0.4 is 5.32 Å². The van der Waals surface area contributed by atoms with Crippen molar-refractivity contribution in [3.63, 3.8) is 0 Å². The van der Waals surface area contributed by atoms with E-state index in [0.29, 0.717) is 5.69 Å². The first-order valence-electron chi connectivity index (χ1n) is 8.20. The summed E-state index contributed by atoms with van der Waals surface area (Å²) in [6.07, 6.45) is 4.26. The lowest BCUT2D eigenvalue weighted by atomic mass is 9.96. The number of cyclic esters (lactones) is 1. The highest BCUT2D eigenvalue weighted by molar-refractivity contribution is 5.71. The number of ether oxygens (including phenoxy) is 1. The Kier molecular flexibility index (Phi) is 4.31. The van der Waals surface area contributed by atoms with Crippen molar-refractivity contribution in [2.75, 3.05) is 0 Å². The molecule has 0 spiro atoms. The lowest BCUT2D eigenvalue weighted by Crippen LogP contribution is -2.19. The number of aromatic nitrogens is 2. The van der Waals surface area contributed by atoms with Crippen LogP contribution in [0.1, 0.15) is 34.5 Å². The highest BCUT2D eigenvalue weighted by Gasteiger charge is 2.36. The van der Waals surface area contributed by atoms with E-state index in [1.54, 1.807) is 18.6 Å². The van der Waals surface area contributed by atoms with Gasteiger partial charge in [-0.15, -0.1) is 0 Å². The summed E-state index contributed by atoms with van der Waals surface area (Å²) in [4.78, 5) is 20.0. The van der Waals surface area contributed by atoms with Gasteiger partial charge in [0, 0.05) is 24.2 Å². The van der Waals surface area contributed by atoms with Crippen LogP contribution in [0.25, 0.3) is 0 Å². The number of rotatable bonds is 2. The molecule has 3 aromatic rings. The zero-order valence-corrected chi connectivity index (χ0v) is 13.8. The zero-order chi connectivity index (χ0) is 17.8. The molecule has 1 amide bonds. The SMILES string of the molecule is O=C1N[C@H](c2cccc(C#Cc3ccccn3)c2)[C@@H](c2ccncc2)O1. The Bertz CT molecular complexity index is 978. The molecule has 5 heteroatoms. The number of carbonyl (C=O) groups excluding carboxylic acids is 1. The van der Waals surface area contributed by atoms with Crippen LogP contribution in [-0.2, 0) is 4.74 Å². The summed E-state index contributed by atoms with van der Waals surface area (Å²) in [6.45, 7) is 0. The Balaban J connectivity index is 1.63. The third-order valence-corrected chi connectivity index (χ3v) is 4.09. The molecule has 0 unspecified atom stereocenters. The minimum atomic E-state index is -0.429. The summed E-state index contributed by atoms with van der Waals surface area (Å²) < 4.78 is 5.46. The fourth-order valence-corrected chi connectivity index (χ4v) is 2.87. The molecule has 1 aromatic carbocycles. The van der Waals surface area contributed by atoms with Crippen molar-refractivity contribution in [1.82, 2.24) is 15.3 Å². The van der Waals surface area contributed by atoms with E-state index in [9.17, 15) is 4.79 Å². The van der Waals surface area contributed by atoms with Gasteiger partial charge < -0.3 is 10.1 Å². The fourth-order valence-electron chi connectivity index (χ4n) is 2.87. The van der Waals surface area contributed by atoms with E-state index in [1.807, 2.05) is 54.6 Å². The molecule has 1 fully saturated rings. The number of hydrogen-bond donors (Lipinski definition) is 1. The van der Waals surface area contributed by atoms with Gasteiger partial charge in [-0.05, 0) is 53.4 Å². The average molecular weight is 341 g/mol. The first kappa shape index (κ1) is 15.9. The predicted molar refractivity (Wildman–Crippen MR) is 96.0 cm³/mol. The molecule has 0 aliphatic carbocycles. The van der Waals surface area contributed by atoms with Crippen LogP contribution in [-0.4, -0.2) is 16.1 Å². The molecule has 0 bridgehead atoms. The van der Waals surface area contributed by atoms with E-state index in [0.717, 1.165) is 16.7 Å². The molecular weight excluding hydrogens is 326 g/mol. The number of benzene rings is 1. The van der Waals surface area contributed by atoms with Gasteiger partial charge in [-0.25, -0.2) is 9.78 Å². The van der Waals surface area contributed by atoms with Crippen molar-refractivity contribution in [2.45, 2.75) is 12.1 Å². The van der Waals surface area contributed by atoms with E-state index < -0.39 is 12.2 Å². The quantitative estimate of drug-likeness (QED) is 0.726. The molecule has 2 atom stereocenters. The predicted octanol–water partition coefficient (Wildman–Crippen LogP) is 3.40. The molecule has 3 heterocycles. The van der Waals surface area contributed by atoms with Gasteiger partial charge in [0.05, 0.1) is 6.04 Å². The summed E-state index contributed by atoms with van der Waals surface area (Å²) in [5, 5.41) is 2.88. The number of hydrogen-bond acceptors (Lipinski definition) is 4. The molecule has 0 radical (unpaired) electrons. The van der Waals surface area contributed by atoms with Crippen molar-refractivity contribution >= 4 is 6.09 Å². The van der Waals surface area contributed by atoms with Crippen molar-refractivity contribution in [3.8, 4) is 11.8 Å². The molecule has 4 rings (SSSR count). The maximum absolute atomic E-state index is 11.8. The van der Waals surface area contributed by atoms with Gasteiger partial charge in [0.1, 0.15) is 5.69 Å². The summed E-state index contributed by atoms with van der Waals surface area (Å²) in [6, 6.07) is 16.8. The third kappa shape index (κ3) is 3.40. The Labute approximate surface area is 151 Å². The molecule has 1 aliphatic rings. The lowest BCUT2D eigenvalue weighted by Gasteiger charge is -2.17. The first-order valence-corrected chi connectivity index (χ1v) is 8.20. The van der Waals surface area contributed by atoms with Gasteiger partial charge in [0.2, 0.25) is 0 Å².